The molecule has 0 aliphatic heterocycles. The zero-order chi connectivity index (χ0) is 15.1. The molecule has 0 radical (unpaired) electrons. The summed E-state index contributed by atoms with van der Waals surface area (Å²) in [5.41, 5.74) is 2.04. The Bertz CT molecular complexity index is 602. The van der Waals surface area contributed by atoms with Crippen molar-refractivity contribution in [3.05, 3.63) is 45.6 Å². The number of thiophene rings is 1. The third-order valence-electron chi connectivity index (χ3n) is 3.50. The van der Waals surface area contributed by atoms with E-state index in [0.29, 0.717) is 6.54 Å². The van der Waals surface area contributed by atoms with Crippen LogP contribution < -0.4 is 10.9 Å². The molecule has 114 valence electrons. The summed E-state index contributed by atoms with van der Waals surface area (Å²) in [6.07, 6.45) is 3.28. The van der Waals surface area contributed by atoms with Gasteiger partial charge in [-0.3, -0.25) is 4.79 Å². The summed E-state index contributed by atoms with van der Waals surface area (Å²) >= 11 is 1.68. The Morgan fingerprint density at radius 3 is 2.71 bits per heavy atom. The third kappa shape index (κ3) is 4.05. The molecule has 0 aliphatic rings. The summed E-state index contributed by atoms with van der Waals surface area (Å²) in [7, 11) is 0. The lowest BCUT2D eigenvalue weighted by Crippen LogP contribution is -2.28. The highest BCUT2D eigenvalue weighted by Crippen LogP contribution is 2.24. The molecule has 0 aromatic carbocycles. The van der Waals surface area contributed by atoms with Gasteiger partial charge in [0.1, 0.15) is 0 Å². The molecule has 1 N–H and O–H groups in total. The molecule has 2 heterocycles. The third-order valence-corrected chi connectivity index (χ3v) is 4.39. The minimum absolute atomic E-state index is 0.145. The van der Waals surface area contributed by atoms with Gasteiger partial charge in [-0.05, 0) is 36.9 Å². The monoisotopic (exact) mass is 304 g/mol. The molecule has 0 aliphatic carbocycles. The van der Waals surface area contributed by atoms with E-state index < -0.39 is 0 Å². The van der Waals surface area contributed by atoms with Crippen LogP contribution in [0.4, 0.5) is 0 Å². The molecular weight excluding hydrogens is 280 g/mol. The van der Waals surface area contributed by atoms with Crippen LogP contribution in [0.25, 0.3) is 10.6 Å². The van der Waals surface area contributed by atoms with Crippen LogP contribution in [-0.2, 0) is 13.1 Å². The van der Waals surface area contributed by atoms with Crippen molar-refractivity contribution < 1.29 is 0 Å². The fraction of sp³-hybridized carbons (Fsp3) is 0.471. The summed E-state index contributed by atoms with van der Waals surface area (Å²) in [5.74, 6) is 0. The lowest BCUT2D eigenvalue weighted by Gasteiger charge is -2.13. The van der Waals surface area contributed by atoms with Gasteiger partial charge in [-0.25, -0.2) is 0 Å². The molecule has 0 fully saturated rings. The first-order valence-electron chi connectivity index (χ1n) is 7.75. The van der Waals surface area contributed by atoms with Gasteiger partial charge in [-0.2, -0.15) is 0 Å². The van der Waals surface area contributed by atoms with Crippen LogP contribution in [0.1, 0.15) is 38.7 Å². The molecule has 2 aromatic heterocycles. The van der Waals surface area contributed by atoms with Crippen molar-refractivity contribution in [1.29, 1.82) is 0 Å². The van der Waals surface area contributed by atoms with Crippen molar-refractivity contribution >= 4 is 11.3 Å². The van der Waals surface area contributed by atoms with E-state index in [0.717, 1.165) is 42.1 Å². The van der Waals surface area contributed by atoms with Gasteiger partial charge in [0.2, 0.25) is 0 Å². The summed E-state index contributed by atoms with van der Waals surface area (Å²) in [6, 6.07) is 8.16. The fourth-order valence-electron chi connectivity index (χ4n) is 2.37. The Morgan fingerprint density at radius 2 is 2.05 bits per heavy atom. The van der Waals surface area contributed by atoms with Crippen LogP contribution in [0, 0.1) is 0 Å². The summed E-state index contributed by atoms with van der Waals surface area (Å²) < 4.78 is 1.92. The Morgan fingerprint density at radius 1 is 1.19 bits per heavy atom. The van der Waals surface area contributed by atoms with Gasteiger partial charge in [0.25, 0.3) is 5.56 Å². The number of rotatable bonds is 8. The van der Waals surface area contributed by atoms with Gasteiger partial charge in [0.15, 0.2) is 0 Å². The number of pyridine rings is 1. The maximum atomic E-state index is 12.7. The molecule has 2 aromatic rings. The Hall–Kier alpha value is -1.39. The molecule has 0 saturated carbocycles. The van der Waals surface area contributed by atoms with E-state index in [1.54, 1.807) is 11.3 Å². The number of hydrogen-bond acceptors (Lipinski definition) is 3. The Labute approximate surface area is 130 Å². The first kappa shape index (κ1) is 16.0. The SMILES string of the molecule is CCCCNCc1ccc(-c2cccs2)n(CCC)c1=O. The molecule has 0 unspecified atom stereocenters. The first-order valence-corrected chi connectivity index (χ1v) is 8.63. The maximum Gasteiger partial charge on any atom is 0.255 e. The van der Waals surface area contributed by atoms with Crippen LogP contribution in [0.15, 0.2) is 34.4 Å². The molecule has 0 atom stereocenters. The summed E-state index contributed by atoms with van der Waals surface area (Å²) in [5, 5.41) is 5.41. The number of aromatic nitrogens is 1. The number of nitrogens with zero attached hydrogens (tertiary/aromatic N) is 1. The zero-order valence-electron chi connectivity index (χ0n) is 12.9. The van der Waals surface area contributed by atoms with E-state index in [4.69, 9.17) is 0 Å². The second-order valence-corrected chi connectivity index (χ2v) is 6.16. The minimum Gasteiger partial charge on any atom is -0.312 e. The molecule has 3 nitrogen and oxygen atoms in total. The molecule has 4 heteroatoms. The highest BCUT2D eigenvalue weighted by atomic mass is 32.1. The van der Waals surface area contributed by atoms with Gasteiger partial charge in [-0.1, -0.05) is 32.4 Å². The zero-order valence-corrected chi connectivity index (χ0v) is 13.7. The number of nitrogens with one attached hydrogen (secondary N) is 1. The molecule has 21 heavy (non-hydrogen) atoms. The van der Waals surface area contributed by atoms with Gasteiger partial charge >= 0.3 is 0 Å². The van der Waals surface area contributed by atoms with Crippen molar-refractivity contribution in [2.75, 3.05) is 6.54 Å². The maximum absolute atomic E-state index is 12.7. The van der Waals surface area contributed by atoms with E-state index in [9.17, 15) is 4.79 Å². The quantitative estimate of drug-likeness (QED) is 0.751. The van der Waals surface area contributed by atoms with E-state index >= 15 is 0 Å². The summed E-state index contributed by atoms with van der Waals surface area (Å²) in [4.78, 5) is 13.8. The standard InChI is InChI=1S/C17H24N2OS/c1-3-5-10-18-13-14-8-9-15(16-7-6-12-21-16)19(11-4-2)17(14)20/h6-9,12,18H,3-5,10-11,13H2,1-2H3. The van der Waals surface area contributed by atoms with E-state index in [-0.39, 0.29) is 5.56 Å². The van der Waals surface area contributed by atoms with E-state index in [2.05, 4.69) is 36.7 Å². The summed E-state index contributed by atoms with van der Waals surface area (Å²) in [6.45, 7) is 6.68. The lowest BCUT2D eigenvalue weighted by molar-refractivity contribution is 0.617. The van der Waals surface area contributed by atoms with Gasteiger partial charge < -0.3 is 9.88 Å². The van der Waals surface area contributed by atoms with Crippen molar-refractivity contribution in [1.82, 2.24) is 9.88 Å². The van der Waals surface area contributed by atoms with Crippen LogP contribution in [-0.4, -0.2) is 11.1 Å². The molecule has 0 saturated heterocycles. The van der Waals surface area contributed by atoms with Gasteiger partial charge in [-0.15, -0.1) is 11.3 Å². The van der Waals surface area contributed by atoms with Gasteiger partial charge in [0, 0.05) is 18.7 Å². The molecule has 0 amide bonds. The second-order valence-electron chi connectivity index (χ2n) is 5.21. The predicted octanol–water partition coefficient (Wildman–Crippen LogP) is 3.88. The molecular formula is C17H24N2OS. The normalized spacial score (nSPS) is 11.0. The predicted molar refractivity (Wildman–Crippen MR) is 90.9 cm³/mol. The van der Waals surface area contributed by atoms with Crippen LogP contribution in [0.3, 0.4) is 0 Å². The van der Waals surface area contributed by atoms with Crippen molar-refractivity contribution in [2.45, 2.75) is 46.2 Å². The average Bonchev–Trinajstić information content (AvgIpc) is 3.01. The number of hydrogen-bond donors (Lipinski definition) is 1. The smallest absolute Gasteiger partial charge is 0.255 e. The highest BCUT2D eigenvalue weighted by molar-refractivity contribution is 7.13. The average molecular weight is 304 g/mol. The second kappa shape index (κ2) is 8.15. The van der Waals surface area contributed by atoms with Crippen LogP contribution in [0.2, 0.25) is 0 Å². The largest absolute Gasteiger partial charge is 0.312 e. The van der Waals surface area contributed by atoms with E-state index in [1.165, 1.54) is 6.42 Å². The minimum atomic E-state index is 0.145. The van der Waals surface area contributed by atoms with E-state index in [1.807, 2.05) is 16.7 Å². The number of unbranched alkanes of at least 4 members (excludes halogenated alkanes) is 1. The topological polar surface area (TPSA) is 34.0 Å². The Balaban J connectivity index is 2.25. The van der Waals surface area contributed by atoms with Crippen molar-refractivity contribution in [3.8, 4) is 10.6 Å². The van der Waals surface area contributed by atoms with Crippen molar-refractivity contribution in [2.24, 2.45) is 0 Å². The van der Waals surface area contributed by atoms with Crippen LogP contribution in [0.5, 0.6) is 0 Å². The first-order chi connectivity index (χ1) is 10.3. The molecule has 0 spiro atoms. The molecule has 2 rings (SSSR count). The Kier molecular flexibility index (Phi) is 6.21. The highest BCUT2D eigenvalue weighted by Gasteiger charge is 2.10. The fourth-order valence-corrected chi connectivity index (χ4v) is 3.13. The van der Waals surface area contributed by atoms with Gasteiger partial charge in [0.05, 0.1) is 10.6 Å². The van der Waals surface area contributed by atoms with Crippen molar-refractivity contribution in [3.63, 3.8) is 0 Å². The lowest BCUT2D eigenvalue weighted by atomic mass is 10.2. The molecule has 0 bridgehead atoms. The van der Waals surface area contributed by atoms with Crippen LogP contribution >= 0.6 is 11.3 Å².